The molecule has 0 bridgehead atoms. The third-order valence-electron chi connectivity index (χ3n) is 3.96. The Labute approximate surface area is 175 Å². The van der Waals surface area contributed by atoms with Gasteiger partial charge in [-0.25, -0.2) is 17.8 Å². The van der Waals surface area contributed by atoms with E-state index >= 15 is 0 Å². The summed E-state index contributed by atoms with van der Waals surface area (Å²) in [5, 5.41) is 3.07. The van der Waals surface area contributed by atoms with Gasteiger partial charge in [-0.15, -0.1) is 0 Å². The minimum absolute atomic E-state index is 0.0898. The average Bonchev–Trinajstić information content (AvgIpc) is 2.68. The number of halogens is 2. The molecule has 0 atom stereocenters. The fourth-order valence-corrected chi connectivity index (χ4v) is 3.95. The molecule has 0 aliphatic heterocycles. The van der Waals surface area contributed by atoms with E-state index in [2.05, 4.69) is 35.9 Å². The highest BCUT2D eigenvalue weighted by Crippen LogP contribution is 2.35. The molecule has 0 aliphatic rings. The predicted molar refractivity (Wildman–Crippen MR) is 114 cm³/mol. The third kappa shape index (κ3) is 4.36. The second-order valence-corrected chi connectivity index (χ2v) is 8.56. The van der Waals surface area contributed by atoms with Crippen LogP contribution in [-0.4, -0.2) is 18.4 Å². The number of aromatic nitrogens is 2. The second kappa shape index (κ2) is 7.76. The van der Waals surface area contributed by atoms with Crippen molar-refractivity contribution in [2.45, 2.75) is 4.90 Å². The third-order valence-corrected chi connectivity index (χ3v) is 5.73. The van der Waals surface area contributed by atoms with Crippen LogP contribution in [0.5, 0.6) is 0 Å². The molecule has 0 saturated carbocycles. The Morgan fingerprint density at radius 2 is 1.59 bits per heavy atom. The number of para-hydroxylation sites is 2. The first-order chi connectivity index (χ1) is 13.9. The van der Waals surface area contributed by atoms with Crippen LogP contribution in [0.1, 0.15) is 0 Å². The quantitative estimate of drug-likeness (QED) is 0.405. The first-order valence-corrected chi connectivity index (χ1v) is 10.7. The summed E-state index contributed by atoms with van der Waals surface area (Å²) in [5.41, 5.74) is 1.77. The van der Waals surface area contributed by atoms with Crippen LogP contribution >= 0.6 is 15.9 Å². The number of rotatable bonds is 5. The van der Waals surface area contributed by atoms with Crippen molar-refractivity contribution in [3.05, 3.63) is 87.8 Å². The molecule has 6 nitrogen and oxygen atoms in total. The van der Waals surface area contributed by atoms with Crippen molar-refractivity contribution in [3.63, 3.8) is 0 Å². The van der Waals surface area contributed by atoms with Crippen LogP contribution in [0.3, 0.4) is 0 Å². The van der Waals surface area contributed by atoms with Gasteiger partial charge in [0.15, 0.2) is 0 Å². The lowest BCUT2D eigenvalue weighted by atomic mass is 10.3. The van der Waals surface area contributed by atoms with E-state index in [9.17, 15) is 12.8 Å². The second-order valence-electron chi connectivity index (χ2n) is 6.04. The van der Waals surface area contributed by atoms with Crippen molar-refractivity contribution in [2.24, 2.45) is 0 Å². The van der Waals surface area contributed by atoms with E-state index in [1.54, 1.807) is 24.3 Å². The van der Waals surface area contributed by atoms with Crippen LogP contribution in [0, 0.1) is 5.82 Å². The van der Waals surface area contributed by atoms with Gasteiger partial charge in [-0.1, -0.05) is 40.2 Å². The number of nitrogens with zero attached hydrogens (tertiary/aromatic N) is 3. The molecule has 0 saturated heterocycles. The number of anilines is 2. The minimum atomic E-state index is -4.12. The summed E-state index contributed by atoms with van der Waals surface area (Å²) in [6.07, 6.45) is 0. The number of benzene rings is 3. The molecule has 1 heterocycles. The summed E-state index contributed by atoms with van der Waals surface area (Å²) in [6.45, 7) is 0. The number of sulfonamides is 1. The molecule has 3 aromatic carbocycles. The van der Waals surface area contributed by atoms with Crippen molar-refractivity contribution in [1.82, 2.24) is 9.97 Å². The summed E-state index contributed by atoms with van der Waals surface area (Å²) in [7, 11) is -4.12. The smallest absolute Gasteiger partial charge is 0.202 e. The molecule has 4 aromatic rings. The van der Waals surface area contributed by atoms with E-state index in [1.807, 2.05) is 24.3 Å². The molecule has 29 heavy (non-hydrogen) atoms. The lowest BCUT2D eigenvalue weighted by Gasteiger charge is -2.21. The van der Waals surface area contributed by atoms with Crippen LogP contribution in [0.25, 0.3) is 15.8 Å². The van der Waals surface area contributed by atoms with Crippen molar-refractivity contribution in [1.29, 1.82) is 0 Å². The fourth-order valence-electron chi connectivity index (χ4n) is 2.61. The molecule has 1 aromatic heterocycles. The van der Waals surface area contributed by atoms with Crippen molar-refractivity contribution in [2.75, 3.05) is 5.32 Å². The van der Waals surface area contributed by atoms with Gasteiger partial charge in [-0.2, -0.15) is 0 Å². The number of fused-ring (bicyclic) bond motifs is 1. The van der Waals surface area contributed by atoms with Gasteiger partial charge < -0.3 is 15.0 Å². The highest BCUT2D eigenvalue weighted by atomic mass is 79.9. The maximum atomic E-state index is 13.2. The van der Waals surface area contributed by atoms with Gasteiger partial charge in [0.2, 0.25) is 10.0 Å². The van der Waals surface area contributed by atoms with E-state index in [1.165, 1.54) is 0 Å². The van der Waals surface area contributed by atoms with Crippen molar-refractivity contribution in [3.8, 4) is 0 Å². The maximum absolute atomic E-state index is 13.2. The minimum Gasteiger partial charge on any atom is -0.431 e. The molecular formula is C20H13BrFN4O2S-. The number of nitrogens with one attached hydrogen (secondary N) is 1. The zero-order valence-electron chi connectivity index (χ0n) is 14.8. The van der Waals surface area contributed by atoms with E-state index in [4.69, 9.17) is 0 Å². The largest absolute Gasteiger partial charge is 0.431 e. The van der Waals surface area contributed by atoms with Gasteiger partial charge in [0, 0.05) is 10.2 Å². The van der Waals surface area contributed by atoms with Gasteiger partial charge in [0.1, 0.15) is 11.6 Å². The summed E-state index contributed by atoms with van der Waals surface area (Å²) < 4.78 is 43.3. The van der Waals surface area contributed by atoms with Gasteiger partial charge in [0.05, 0.1) is 10.4 Å². The zero-order valence-corrected chi connectivity index (χ0v) is 17.2. The van der Waals surface area contributed by atoms with Gasteiger partial charge in [0.25, 0.3) is 0 Å². The molecule has 4 rings (SSSR count). The summed E-state index contributed by atoms with van der Waals surface area (Å²) in [5.74, 6) is -0.438. The first-order valence-electron chi connectivity index (χ1n) is 8.44. The molecular weight excluding hydrogens is 459 g/mol. The van der Waals surface area contributed by atoms with Crippen LogP contribution in [0.4, 0.5) is 21.7 Å². The summed E-state index contributed by atoms with van der Waals surface area (Å²) in [4.78, 5) is 8.71. The van der Waals surface area contributed by atoms with E-state index in [0.29, 0.717) is 16.7 Å². The highest BCUT2D eigenvalue weighted by Gasteiger charge is 2.13. The summed E-state index contributed by atoms with van der Waals surface area (Å²) in [6, 6.07) is 18.8. The Kier molecular flexibility index (Phi) is 5.16. The molecule has 1 N–H and O–H groups in total. The standard InChI is InChI=1S/C20H13BrFN4O2S/c21-13-4-3-5-15(12-13)23-19-20(25-18-7-2-1-6-17(18)24-19)26-29(27,28)16-10-8-14(22)9-11-16/h1-12H,(H-,23,24,25,26)/q-1. The zero-order chi connectivity index (χ0) is 20.4. The van der Waals surface area contributed by atoms with Crippen molar-refractivity contribution >= 4 is 54.3 Å². The van der Waals surface area contributed by atoms with Crippen LogP contribution in [0.2, 0.25) is 0 Å². The number of hydrogen-bond acceptors (Lipinski definition) is 5. The van der Waals surface area contributed by atoms with E-state index in [-0.39, 0.29) is 16.5 Å². The Hall–Kier alpha value is -3.04. The fraction of sp³-hybridized carbons (Fsp3) is 0. The average molecular weight is 472 g/mol. The topological polar surface area (TPSA) is 86.1 Å². The monoisotopic (exact) mass is 471 g/mol. The molecule has 0 spiro atoms. The molecule has 0 radical (unpaired) electrons. The lowest BCUT2D eigenvalue weighted by molar-refractivity contribution is 0.601. The SMILES string of the molecule is O=S(=O)([N-]c1nc2ccccc2nc1Nc1cccc(Br)c1)c1ccc(F)cc1. The molecule has 146 valence electrons. The van der Waals surface area contributed by atoms with Gasteiger partial charge in [-0.3, -0.25) is 0 Å². The van der Waals surface area contributed by atoms with Crippen LogP contribution in [0.15, 0.2) is 82.2 Å². The molecule has 9 heteroatoms. The van der Waals surface area contributed by atoms with Gasteiger partial charge >= 0.3 is 0 Å². The molecule has 0 fully saturated rings. The van der Waals surface area contributed by atoms with E-state index < -0.39 is 15.8 Å². The predicted octanol–water partition coefficient (Wildman–Crippen LogP) is 5.67. The Bertz CT molecular complexity index is 1300. The van der Waals surface area contributed by atoms with Crippen LogP contribution < -0.4 is 5.32 Å². The molecule has 0 unspecified atom stereocenters. The number of hydrogen-bond donors (Lipinski definition) is 1. The Morgan fingerprint density at radius 1 is 0.897 bits per heavy atom. The lowest BCUT2D eigenvalue weighted by Crippen LogP contribution is -2.03. The molecule has 0 amide bonds. The molecule has 0 aliphatic carbocycles. The van der Waals surface area contributed by atoms with Gasteiger partial charge in [-0.05, 0) is 59.9 Å². The maximum Gasteiger partial charge on any atom is 0.202 e. The Morgan fingerprint density at radius 3 is 2.28 bits per heavy atom. The normalized spacial score (nSPS) is 11.4. The van der Waals surface area contributed by atoms with Crippen LogP contribution in [-0.2, 0) is 10.0 Å². The first kappa shape index (κ1) is 19.3. The highest BCUT2D eigenvalue weighted by molar-refractivity contribution is 9.10. The summed E-state index contributed by atoms with van der Waals surface area (Å²) >= 11 is 3.39. The Balaban J connectivity index is 1.78. The van der Waals surface area contributed by atoms with E-state index in [0.717, 1.165) is 28.7 Å². The van der Waals surface area contributed by atoms with Crippen molar-refractivity contribution < 1.29 is 12.8 Å².